The van der Waals surface area contributed by atoms with E-state index >= 15 is 0 Å². The molecule has 2 aromatic rings. The Balaban J connectivity index is 1.52. The maximum atomic E-state index is 4.24. The second kappa shape index (κ2) is 7.04. The summed E-state index contributed by atoms with van der Waals surface area (Å²) in [6.07, 6.45) is 1.01. The van der Waals surface area contributed by atoms with Crippen LogP contribution in [0.1, 0.15) is 5.69 Å². The highest BCUT2D eigenvalue weighted by Crippen LogP contribution is 2.03. The molecule has 0 unspecified atom stereocenters. The molecule has 1 heterocycles. The molecule has 3 nitrogen and oxygen atoms in total. The highest BCUT2D eigenvalue weighted by molar-refractivity contribution is 7.07. The van der Waals surface area contributed by atoms with Crippen LogP contribution in [0.3, 0.4) is 0 Å². The molecule has 0 saturated carbocycles. The summed E-state index contributed by atoms with van der Waals surface area (Å²) in [6.45, 7) is 2.90. The third kappa shape index (κ3) is 4.54. The van der Waals surface area contributed by atoms with Gasteiger partial charge in [-0.2, -0.15) is 0 Å². The number of nitrogens with one attached hydrogen (secondary N) is 2. The van der Waals surface area contributed by atoms with Crippen LogP contribution in [0.5, 0.6) is 0 Å². The third-order valence-corrected chi connectivity index (χ3v) is 3.08. The van der Waals surface area contributed by atoms with E-state index in [1.165, 1.54) is 11.4 Å². The van der Waals surface area contributed by atoms with Gasteiger partial charge in [-0.05, 0) is 12.1 Å². The number of hydrogen-bond acceptors (Lipinski definition) is 4. The number of rotatable bonds is 7. The summed E-state index contributed by atoms with van der Waals surface area (Å²) in [5, 5.41) is 8.86. The van der Waals surface area contributed by atoms with E-state index in [2.05, 4.69) is 33.1 Å². The van der Waals surface area contributed by atoms with Crippen molar-refractivity contribution in [3.8, 4) is 0 Å². The van der Waals surface area contributed by atoms with E-state index in [1.807, 2.05) is 23.7 Å². The van der Waals surface area contributed by atoms with Gasteiger partial charge in [0.2, 0.25) is 0 Å². The van der Waals surface area contributed by atoms with E-state index in [1.54, 1.807) is 11.3 Å². The van der Waals surface area contributed by atoms with E-state index in [0.29, 0.717) is 0 Å². The van der Waals surface area contributed by atoms with Gasteiger partial charge in [-0.1, -0.05) is 18.2 Å². The molecule has 1 aromatic heterocycles. The second-order valence-corrected chi connectivity index (χ2v) is 4.49. The zero-order valence-corrected chi connectivity index (χ0v) is 10.5. The third-order valence-electron chi connectivity index (χ3n) is 2.45. The molecule has 0 saturated heterocycles. The van der Waals surface area contributed by atoms with Crippen LogP contribution in [-0.2, 0) is 6.42 Å². The van der Waals surface area contributed by atoms with Gasteiger partial charge in [0.05, 0.1) is 11.2 Å². The minimum absolute atomic E-state index is 0.946. The Hall–Kier alpha value is -1.39. The Kier molecular flexibility index (Phi) is 5.00. The number of thiazole rings is 1. The van der Waals surface area contributed by atoms with Gasteiger partial charge in [-0.3, -0.25) is 0 Å². The van der Waals surface area contributed by atoms with Crippen LogP contribution in [0.2, 0.25) is 0 Å². The van der Waals surface area contributed by atoms with Gasteiger partial charge in [-0.15, -0.1) is 11.3 Å². The van der Waals surface area contributed by atoms with Gasteiger partial charge in [0.25, 0.3) is 0 Å². The summed E-state index contributed by atoms with van der Waals surface area (Å²) in [6, 6.07) is 10.3. The van der Waals surface area contributed by atoms with Crippen molar-refractivity contribution in [3.63, 3.8) is 0 Å². The van der Waals surface area contributed by atoms with E-state index in [-0.39, 0.29) is 0 Å². The minimum atomic E-state index is 0.946. The van der Waals surface area contributed by atoms with Crippen LogP contribution < -0.4 is 10.6 Å². The van der Waals surface area contributed by atoms with Gasteiger partial charge in [0, 0.05) is 37.1 Å². The maximum absolute atomic E-state index is 4.24. The highest BCUT2D eigenvalue weighted by atomic mass is 32.1. The smallest absolute Gasteiger partial charge is 0.0794 e. The molecule has 4 heteroatoms. The lowest BCUT2D eigenvalue weighted by Gasteiger charge is -2.06. The second-order valence-electron chi connectivity index (χ2n) is 3.77. The maximum Gasteiger partial charge on any atom is 0.0794 e. The molecule has 0 spiro atoms. The first-order chi connectivity index (χ1) is 8.45. The number of hydrogen-bond donors (Lipinski definition) is 2. The fourth-order valence-electron chi connectivity index (χ4n) is 1.55. The molecule has 17 heavy (non-hydrogen) atoms. The lowest BCUT2D eigenvalue weighted by molar-refractivity contribution is 0.694. The molecule has 0 atom stereocenters. The van der Waals surface area contributed by atoms with Crippen molar-refractivity contribution in [1.29, 1.82) is 0 Å². The van der Waals surface area contributed by atoms with Crippen molar-refractivity contribution in [2.75, 3.05) is 25.0 Å². The fraction of sp³-hybridized carbons (Fsp3) is 0.308. The van der Waals surface area contributed by atoms with Gasteiger partial charge >= 0.3 is 0 Å². The van der Waals surface area contributed by atoms with Gasteiger partial charge in [0.1, 0.15) is 0 Å². The molecule has 90 valence electrons. The molecular weight excluding hydrogens is 230 g/mol. The normalized spacial score (nSPS) is 10.4. The van der Waals surface area contributed by atoms with E-state index in [9.17, 15) is 0 Å². The number of benzene rings is 1. The molecule has 0 aliphatic rings. The lowest BCUT2D eigenvalue weighted by Crippen LogP contribution is -2.24. The lowest BCUT2D eigenvalue weighted by atomic mass is 10.3. The number of para-hydroxylation sites is 1. The van der Waals surface area contributed by atoms with E-state index in [4.69, 9.17) is 0 Å². The number of nitrogens with zero attached hydrogens (tertiary/aromatic N) is 1. The summed E-state index contributed by atoms with van der Waals surface area (Å²) in [4.78, 5) is 4.24. The predicted octanol–water partition coefficient (Wildman–Crippen LogP) is 2.39. The van der Waals surface area contributed by atoms with Crippen LogP contribution in [-0.4, -0.2) is 24.6 Å². The van der Waals surface area contributed by atoms with Crippen molar-refractivity contribution in [2.24, 2.45) is 0 Å². The molecule has 0 amide bonds. The largest absolute Gasteiger partial charge is 0.384 e. The van der Waals surface area contributed by atoms with Crippen molar-refractivity contribution in [1.82, 2.24) is 10.3 Å². The Morgan fingerprint density at radius 2 is 1.94 bits per heavy atom. The molecule has 2 N–H and O–H groups in total. The first kappa shape index (κ1) is 12.1. The van der Waals surface area contributed by atoms with Crippen molar-refractivity contribution < 1.29 is 0 Å². The SMILES string of the molecule is c1ccc(NCCNCCc2cscn2)cc1. The zero-order valence-electron chi connectivity index (χ0n) is 9.73. The molecule has 0 fully saturated rings. The van der Waals surface area contributed by atoms with Crippen LogP contribution in [0.4, 0.5) is 5.69 Å². The minimum Gasteiger partial charge on any atom is -0.384 e. The van der Waals surface area contributed by atoms with Crippen LogP contribution in [0, 0.1) is 0 Å². The Morgan fingerprint density at radius 1 is 1.06 bits per heavy atom. The molecule has 0 bridgehead atoms. The molecule has 2 rings (SSSR count). The monoisotopic (exact) mass is 247 g/mol. The number of anilines is 1. The van der Waals surface area contributed by atoms with Gasteiger partial charge in [0.15, 0.2) is 0 Å². The van der Waals surface area contributed by atoms with Crippen molar-refractivity contribution in [3.05, 3.63) is 46.9 Å². The Labute approximate surface area is 106 Å². The van der Waals surface area contributed by atoms with E-state index < -0.39 is 0 Å². The predicted molar refractivity (Wildman–Crippen MR) is 73.6 cm³/mol. The summed E-state index contributed by atoms with van der Waals surface area (Å²) >= 11 is 1.65. The molecule has 1 aromatic carbocycles. The van der Waals surface area contributed by atoms with Crippen LogP contribution in [0.25, 0.3) is 0 Å². The summed E-state index contributed by atoms with van der Waals surface area (Å²) < 4.78 is 0. The average Bonchev–Trinajstić information content (AvgIpc) is 2.88. The van der Waals surface area contributed by atoms with E-state index in [0.717, 1.165) is 26.1 Å². The number of aromatic nitrogens is 1. The standard InChI is InChI=1S/C13H17N3S/c1-2-4-12(5-3-1)15-9-8-14-7-6-13-10-17-11-16-13/h1-5,10-11,14-15H,6-9H2. The molecule has 0 radical (unpaired) electrons. The molecule has 0 aliphatic carbocycles. The average molecular weight is 247 g/mol. The van der Waals surface area contributed by atoms with Gasteiger partial charge < -0.3 is 10.6 Å². The molecular formula is C13H17N3S. The Morgan fingerprint density at radius 3 is 2.71 bits per heavy atom. The molecule has 0 aliphatic heterocycles. The highest BCUT2D eigenvalue weighted by Gasteiger charge is 1.94. The fourth-order valence-corrected chi connectivity index (χ4v) is 2.15. The van der Waals surface area contributed by atoms with Crippen LogP contribution >= 0.6 is 11.3 Å². The first-order valence-electron chi connectivity index (χ1n) is 5.82. The summed E-state index contributed by atoms with van der Waals surface area (Å²) in [5.74, 6) is 0. The van der Waals surface area contributed by atoms with Crippen molar-refractivity contribution >= 4 is 17.0 Å². The van der Waals surface area contributed by atoms with Gasteiger partial charge in [-0.25, -0.2) is 4.98 Å². The summed E-state index contributed by atoms with van der Waals surface area (Å²) in [5.41, 5.74) is 4.24. The quantitative estimate of drug-likeness (QED) is 0.738. The summed E-state index contributed by atoms with van der Waals surface area (Å²) in [7, 11) is 0. The Bertz CT molecular complexity index is 400. The van der Waals surface area contributed by atoms with Crippen molar-refractivity contribution in [2.45, 2.75) is 6.42 Å². The first-order valence-corrected chi connectivity index (χ1v) is 6.76. The topological polar surface area (TPSA) is 37.0 Å². The van der Waals surface area contributed by atoms with Crippen LogP contribution in [0.15, 0.2) is 41.2 Å². The zero-order chi connectivity index (χ0) is 11.8.